The Morgan fingerprint density at radius 2 is 2.33 bits per heavy atom. The van der Waals surface area contributed by atoms with Crippen LogP contribution in [0.2, 0.25) is 0 Å². The molecule has 0 saturated heterocycles. The second kappa shape index (κ2) is 1.70. The van der Waals surface area contributed by atoms with Gasteiger partial charge in [0.15, 0.2) is 5.60 Å². The molecule has 0 amide bonds. The maximum absolute atomic E-state index is 10.4. The molecule has 0 aliphatic heterocycles. The van der Waals surface area contributed by atoms with E-state index in [0.717, 1.165) is 0 Å². The predicted molar refractivity (Wildman–Crippen MR) is 31.2 cm³/mol. The number of methoxy groups -OCH3 is 1. The molecule has 2 atom stereocenters. The summed E-state index contributed by atoms with van der Waals surface area (Å²) >= 11 is 0. The zero-order chi connectivity index (χ0) is 7.07. The summed E-state index contributed by atoms with van der Waals surface area (Å²) in [5, 5.41) is 8.55. The fourth-order valence-electron chi connectivity index (χ4n) is 1.07. The molecule has 0 bridgehead atoms. The Kier molecular flexibility index (Phi) is 1.24. The Labute approximate surface area is 53.6 Å². The minimum absolute atomic E-state index is 0.181. The first-order valence-corrected chi connectivity index (χ1v) is 2.92. The van der Waals surface area contributed by atoms with Crippen LogP contribution in [0.5, 0.6) is 0 Å². The number of carboxylic acids is 1. The van der Waals surface area contributed by atoms with Gasteiger partial charge in [-0.05, 0) is 12.3 Å². The minimum Gasteiger partial charge on any atom is -0.479 e. The maximum Gasteiger partial charge on any atom is 0.336 e. The molecule has 2 unspecified atom stereocenters. The Hall–Kier alpha value is -0.570. The molecule has 0 aromatic heterocycles. The molecule has 0 heterocycles. The first-order chi connectivity index (χ1) is 4.13. The molecule has 0 aromatic rings. The van der Waals surface area contributed by atoms with Gasteiger partial charge in [-0.2, -0.15) is 0 Å². The van der Waals surface area contributed by atoms with Crippen molar-refractivity contribution in [3.8, 4) is 0 Å². The van der Waals surface area contributed by atoms with Crippen LogP contribution in [0.3, 0.4) is 0 Å². The second-order valence-electron chi connectivity index (χ2n) is 2.50. The Bertz CT molecular complexity index is 139. The Morgan fingerprint density at radius 3 is 2.33 bits per heavy atom. The van der Waals surface area contributed by atoms with Crippen LogP contribution in [0.4, 0.5) is 0 Å². The fourth-order valence-corrected chi connectivity index (χ4v) is 1.07. The van der Waals surface area contributed by atoms with Gasteiger partial charge in [0.25, 0.3) is 0 Å². The van der Waals surface area contributed by atoms with Gasteiger partial charge in [-0.1, -0.05) is 6.92 Å². The lowest BCUT2D eigenvalue weighted by molar-refractivity contribution is -0.152. The minimum atomic E-state index is -0.836. The van der Waals surface area contributed by atoms with Gasteiger partial charge >= 0.3 is 5.97 Å². The molecular formula is C6H10O3. The van der Waals surface area contributed by atoms with Crippen LogP contribution in [-0.2, 0) is 9.53 Å². The van der Waals surface area contributed by atoms with E-state index in [0.29, 0.717) is 6.42 Å². The first-order valence-electron chi connectivity index (χ1n) is 2.92. The highest BCUT2D eigenvalue weighted by atomic mass is 16.5. The van der Waals surface area contributed by atoms with Crippen molar-refractivity contribution < 1.29 is 14.6 Å². The standard InChI is InChI=1S/C6H10O3/c1-4-3-6(4,9-2)5(7)8/h4H,3H2,1-2H3,(H,7,8). The summed E-state index contributed by atoms with van der Waals surface area (Å²) in [6, 6.07) is 0. The molecule has 3 heteroatoms. The molecule has 1 rings (SSSR count). The largest absolute Gasteiger partial charge is 0.479 e. The van der Waals surface area contributed by atoms with Gasteiger partial charge in [-0.15, -0.1) is 0 Å². The van der Waals surface area contributed by atoms with Gasteiger partial charge < -0.3 is 9.84 Å². The van der Waals surface area contributed by atoms with E-state index in [4.69, 9.17) is 9.84 Å². The Morgan fingerprint density at radius 1 is 1.89 bits per heavy atom. The summed E-state index contributed by atoms with van der Waals surface area (Å²) in [6.45, 7) is 1.87. The zero-order valence-corrected chi connectivity index (χ0v) is 5.55. The monoisotopic (exact) mass is 130 g/mol. The lowest BCUT2D eigenvalue weighted by Crippen LogP contribution is -2.26. The second-order valence-corrected chi connectivity index (χ2v) is 2.50. The molecule has 0 radical (unpaired) electrons. The van der Waals surface area contributed by atoms with Crippen molar-refractivity contribution in [3.63, 3.8) is 0 Å². The van der Waals surface area contributed by atoms with Gasteiger partial charge in [0.05, 0.1) is 0 Å². The quantitative estimate of drug-likeness (QED) is 0.592. The molecule has 0 spiro atoms. The van der Waals surface area contributed by atoms with E-state index < -0.39 is 11.6 Å². The summed E-state index contributed by atoms with van der Waals surface area (Å²) in [7, 11) is 1.44. The van der Waals surface area contributed by atoms with E-state index in [2.05, 4.69) is 0 Å². The third kappa shape index (κ3) is 0.721. The van der Waals surface area contributed by atoms with Crippen molar-refractivity contribution in [2.75, 3.05) is 7.11 Å². The van der Waals surface area contributed by atoms with Crippen LogP contribution < -0.4 is 0 Å². The zero-order valence-electron chi connectivity index (χ0n) is 5.55. The van der Waals surface area contributed by atoms with Crippen LogP contribution in [-0.4, -0.2) is 23.8 Å². The highest BCUT2D eigenvalue weighted by molar-refractivity contribution is 5.81. The summed E-state index contributed by atoms with van der Waals surface area (Å²) in [6.07, 6.45) is 0.652. The van der Waals surface area contributed by atoms with E-state index in [1.165, 1.54) is 7.11 Å². The molecule has 1 N–H and O–H groups in total. The fraction of sp³-hybridized carbons (Fsp3) is 0.833. The van der Waals surface area contributed by atoms with E-state index in [9.17, 15) is 4.79 Å². The topological polar surface area (TPSA) is 46.5 Å². The van der Waals surface area contributed by atoms with E-state index in [1.807, 2.05) is 6.92 Å². The van der Waals surface area contributed by atoms with Crippen molar-refractivity contribution >= 4 is 5.97 Å². The molecule has 1 saturated carbocycles. The van der Waals surface area contributed by atoms with Crippen molar-refractivity contribution in [3.05, 3.63) is 0 Å². The van der Waals surface area contributed by atoms with E-state index >= 15 is 0 Å². The molecule has 1 aliphatic carbocycles. The van der Waals surface area contributed by atoms with Gasteiger partial charge in [0, 0.05) is 7.11 Å². The summed E-state index contributed by atoms with van der Waals surface area (Å²) < 4.78 is 4.82. The van der Waals surface area contributed by atoms with Crippen molar-refractivity contribution in [2.24, 2.45) is 5.92 Å². The Balaban J connectivity index is 2.62. The highest BCUT2D eigenvalue weighted by Crippen LogP contribution is 2.45. The van der Waals surface area contributed by atoms with E-state index in [1.54, 1.807) is 0 Å². The number of carboxylic acid groups (broad SMARTS) is 1. The van der Waals surface area contributed by atoms with Crippen LogP contribution >= 0.6 is 0 Å². The normalized spacial score (nSPS) is 40.4. The maximum atomic E-state index is 10.4. The molecule has 52 valence electrons. The number of hydrogen-bond acceptors (Lipinski definition) is 2. The summed E-state index contributed by atoms with van der Waals surface area (Å²) in [5.41, 5.74) is -0.833. The number of ether oxygens (including phenoxy) is 1. The van der Waals surface area contributed by atoms with Crippen LogP contribution in [0.1, 0.15) is 13.3 Å². The van der Waals surface area contributed by atoms with Crippen LogP contribution in [0.25, 0.3) is 0 Å². The van der Waals surface area contributed by atoms with Crippen LogP contribution in [0.15, 0.2) is 0 Å². The number of rotatable bonds is 2. The van der Waals surface area contributed by atoms with Gasteiger partial charge in [0.2, 0.25) is 0 Å². The van der Waals surface area contributed by atoms with Crippen molar-refractivity contribution in [2.45, 2.75) is 18.9 Å². The summed E-state index contributed by atoms with van der Waals surface area (Å²) in [5.74, 6) is -0.655. The molecule has 1 aliphatic rings. The smallest absolute Gasteiger partial charge is 0.336 e. The molecule has 9 heavy (non-hydrogen) atoms. The van der Waals surface area contributed by atoms with Gasteiger partial charge in [-0.25, -0.2) is 4.79 Å². The van der Waals surface area contributed by atoms with E-state index in [-0.39, 0.29) is 5.92 Å². The molecule has 0 aromatic carbocycles. The third-order valence-corrected chi connectivity index (χ3v) is 1.97. The highest BCUT2D eigenvalue weighted by Gasteiger charge is 2.58. The number of aliphatic carboxylic acids is 1. The predicted octanol–water partition coefficient (Wildman–Crippen LogP) is 0.496. The van der Waals surface area contributed by atoms with Gasteiger partial charge in [-0.3, -0.25) is 0 Å². The average Bonchev–Trinajstić information content (AvgIpc) is 2.43. The number of hydrogen-bond donors (Lipinski definition) is 1. The third-order valence-electron chi connectivity index (χ3n) is 1.97. The average molecular weight is 130 g/mol. The lowest BCUT2D eigenvalue weighted by atomic mass is 10.3. The SMILES string of the molecule is COC1(C(=O)O)CC1C. The molecular weight excluding hydrogens is 120 g/mol. The molecule has 3 nitrogen and oxygen atoms in total. The number of carbonyl (C=O) groups is 1. The van der Waals surface area contributed by atoms with Crippen molar-refractivity contribution in [1.29, 1.82) is 0 Å². The van der Waals surface area contributed by atoms with Gasteiger partial charge in [0.1, 0.15) is 0 Å². The molecule has 1 fully saturated rings. The van der Waals surface area contributed by atoms with Crippen molar-refractivity contribution in [1.82, 2.24) is 0 Å². The van der Waals surface area contributed by atoms with Crippen LogP contribution in [0, 0.1) is 5.92 Å². The summed E-state index contributed by atoms with van der Waals surface area (Å²) in [4.78, 5) is 10.4. The lowest BCUT2D eigenvalue weighted by Gasteiger charge is -2.06. The first kappa shape index (κ1) is 6.55.